The van der Waals surface area contributed by atoms with Gasteiger partial charge in [-0.1, -0.05) is 13.3 Å². The van der Waals surface area contributed by atoms with Crippen LogP contribution < -0.4 is 5.32 Å². The van der Waals surface area contributed by atoms with E-state index in [-0.39, 0.29) is 12.6 Å². The van der Waals surface area contributed by atoms with Crippen LogP contribution in [0.25, 0.3) is 0 Å². The third-order valence-electron chi connectivity index (χ3n) is 3.89. The van der Waals surface area contributed by atoms with E-state index in [9.17, 15) is 8.78 Å². The first-order chi connectivity index (χ1) is 8.19. The number of hydrogen-bond donors (Lipinski definition) is 1. The van der Waals surface area contributed by atoms with Crippen molar-refractivity contribution in [3.8, 4) is 0 Å². The van der Waals surface area contributed by atoms with Crippen LogP contribution in [-0.2, 0) is 0 Å². The zero-order valence-electron chi connectivity index (χ0n) is 10.7. The minimum atomic E-state index is -2.23. The number of nitrogens with one attached hydrogen (secondary N) is 1. The highest BCUT2D eigenvalue weighted by molar-refractivity contribution is 4.92. The van der Waals surface area contributed by atoms with Crippen molar-refractivity contribution in [1.29, 1.82) is 0 Å². The molecule has 4 heteroatoms. The average Bonchev–Trinajstić information content (AvgIpc) is 3.10. The Labute approximate surface area is 103 Å². The van der Waals surface area contributed by atoms with Crippen molar-refractivity contribution in [1.82, 2.24) is 10.2 Å². The van der Waals surface area contributed by atoms with Gasteiger partial charge in [-0.15, -0.1) is 0 Å². The quantitative estimate of drug-likeness (QED) is 0.774. The van der Waals surface area contributed by atoms with Crippen molar-refractivity contribution in [3.63, 3.8) is 0 Å². The number of halogens is 2. The molecule has 0 aromatic heterocycles. The molecule has 1 heterocycles. The van der Waals surface area contributed by atoms with Gasteiger partial charge in [0.2, 0.25) is 0 Å². The normalized spacial score (nSPS) is 31.1. The molecule has 1 aliphatic heterocycles. The van der Waals surface area contributed by atoms with Crippen LogP contribution in [0.4, 0.5) is 8.78 Å². The Bertz CT molecular complexity index is 231. The largest absolute Gasteiger partial charge is 0.307 e. The lowest BCUT2D eigenvalue weighted by molar-refractivity contribution is 0.102. The van der Waals surface area contributed by atoms with Gasteiger partial charge >= 0.3 is 0 Å². The molecule has 2 fully saturated rings. The van der Waals surface area contributed by atoms with E-state index in [1.54, 1.807) is 0 Å². The molecule has 1 N–H and O–H groups in total. The first kappa shape index (κ1) is 13.2. The number of nitrogens with zero attached hydrogens (tertiary/aromatic N) is 1. The van der Waals surface area contributed by atoms with Crippen molar-refractivity contribution < 1.29 is 8.78 Å². The summed E-state index contributed by atoms with van der Waals surface area (Å²) >= 11 is 0. The second-order valence-corrected chi connectivity index (χ2v) is 5.57. The fraction of sp³-hybridized carbons (Fsp3) is 1.00. The lowest BCUT2D eigenvalue weighted by atomic mass is 9.90. The highest BCUT2D eigenvalue weighted by Gasteiger charge is 2.35. The Hall–Kier alpha value is -0.220. The van der Waals surface area contributed by atoms with E-state index < -0.39 is 6.43 Å². The monoisotopic (exact) mass is 246 g/mol. The molecule has 0 bridgehead atoms. The molecule has 0 amide bonds. The topological polar surface area (TPSA) is 15.3 Å². The third kappa shape index (κ3) is 4.18. The van der Waals surface area contributed by atoms with Gasteiger partial charge in [-0.25, -0.2) is 8.78 Å². The maximum Gasteiger partial charge on any atom is 0.250 e. The Kier molecular flexibility index (Phi) is 4.74. The van der Waals surface area contributed by atoms with Gasteiger partial charge in [0, 0.05) is 25.2 Å². The van der Waals surface area contributed by atoms with Crippen molar-refractivity contribution in [2.45, 2.75) is 57.5 Å². The zero-order valence-corrected chi connectivity index (χ0v) is 10.7. The second-order valence-electron chi connectivity index (χ2n) is 5.57. The van der Waals surface area contributed by atoms with Crippen molar-refractivity contribution >= 4 is 0 Å². The standard InChI is InChI=1S/C13H24F2N2/c1-2-3-10-6-11(16-7-13(14)15)9-17(8-10)12-4-5-12/h10-13,16H,2-9H2,1H3. The molecular weight excluding hydrogens is 222 g/mol. The van der Waals surface area contributed by atoms with Gasteiger partial charge in [-0.05, 0) is 31.6 Å². The van der Waals surface area contributed by atoms with E-state index in [0.29, 0.717) is 5.92 Å². The number of piperidine rings is 1. The Morgan fingerprint density at radius 3 is 2.65 bits per heavy atom. The molecule has 100 valence electrons. The smallest absolute Gasteiger partial charge is 0.250 e. The van der Waals surface area contributed by atoms with Crippen LogP contribution in [0, 0.1) is 5.92 Å². The molecule has 0 aromatic carbocycles. The van der Waals surface area contributed by atoms with E-state index in [4.69, 9.17) is 0 Å². The van der Waals surface area contributed by atoms with Gasteiger partial charge in [0.05, 0.1) is 6.54 Å². The summed E-state index contributed by atoms with van der Waals surface area (Å²) in [4.78, 5) is 2.52. The van der Waals surface area contributed by atoms with E-state index >= 15 is 0 Å². The highest BCUT2D eigenvalue weighted by Crippen LogP contribution is 2.32. The summed E-state index contributed by atoms with van der Waals surface area (Å²) in [7, 11) is 0. The van der Waals surface area contributed by atoms with E-state index in [1.165, 1.54) is 32.2 Å². The first-order valence-electron chi connectivity index (χ1n) is 6.94. The van der Waals surface area contributed by atoms with E-state index in [1.807, 2.05) is 0 Å². The maximum absolute atomic E-state index is 12.2. The van der Waals surface area contributed by atoms with Crippen LogP contribution in [0.2, 0.25) is 0 Å². The predicted octanol–water partition coefficient (Wildman–Crippen LogP) is 2.49. The summed E-state index contributed by atoms with van der Waals surface area (Å²) < 4.78 is 24.5. The molecule has 2 aliphatic rings. The molecule has 17 heavy (non-hydrogen) atoms. The van der Waals surface area contributed by atoms with E-state index in [0.717, 1.165) is 19.0 Å². The Balaban J connectivity index is 1.82. The number of alkyl halides is 2. The van der Waals surface area contributed by atoms with Gasteiger partial charge in [-0.2, -0.15) is 0 Å². The predicted molar refractivity (Wildman–Crippen MR) is 65.4 cm³/mol. The summed E-state index contributed by atoms with van der Waals surface area (Å²) in [5.41, 5.74) is 0. The number of hydrogen-bond acceptors (Lipinski definition) is 2. The maximum atomic E-state index is 12.2. The Morgan fingerprint density at radius 2 is 2.06 bits per heavy atom. The lowest BCUT2D eigenvalue weighted by Gasteiger charge is -2.38. The molecule has 0 radical (unpaired) electrons. The van der Waals surface area contributed by atoms with Crippen LogP contribution >= 0.6 is 0 Å². The number of rotatable bonds is 6. The molecule has 1 saturated heterocycles. The van der Waals surface area contributed by atoms with E-state index in [2.05, 4.69) is 17.1 Å². The summed E-state index contributed by atoms with van der Waals surface area (Å²) in [6.45, 7) is 4.21. The summed E-state index contributed by atoms with van der Waals surface area (Å²) in [6.07, 6.45) is 3.89. The molecule has 2 unspecified atom stereocenters. The number of likely N-dealkylation sites (tertiary alicyclic amines) is 1. The molecule has 2 rings (SSSR count). The second kappa shape index (κ2) is 6.10. The van der Waals surface area contributed by atoms with Crippen LogP contribution in [0.15, 0.2) is 0 Å². The van der Waals surface area contributed by atoms with Crippen LogP contribution in [-0.4, -0.2) is 43.0 Å². The van der Waals surface area contributed by atoms with Gasteiger partial charge < -0.3 is 5.32 Å². The van der Waals surface area contributed by atoms with Gasteiger partial charge in [0.15, 0.2) is 0 Å². The zero-order chi connectivity index (χ0) is 12.3. The fourth-order valence-electron chi connectivity index (χ4n) is 3.00. The molecule has 2 atom stereocenters. The van der Waals surface area contributed by atoms with Crippen LogP contribution in [0.1, 0.15) is 39.0 Å². The molecule has 0 spiro atoms. The van der Waals surface area contributed by atoms with Crippen molar-refractivity contribution in [2.24, 2.45) is 5.92 Å². The van der Waals surface area contributed by atoms with Crippen LogP contribution in [0.3, 0.4) is 0 Å². The van der Waals surface area contributed by atoms with Crippen LogP contribution in [0.5, 0.6) is 0 Å². The molecule has 1 aliphatic carbocycles. The van der Waals surface area contributed by atoms with Crippen molar-refractivity contribution in [3.05, 3.63) is 0 Å². The van der Waals surface area contributed by atoms with Gasteiger partial charge in [0.25, 0.3) is 6.43 Å². The van der Waals surface area contributed by atoms with Gasteiger partial charge in [-0.3, -0.25) is 4.90 Å². The van der Waals surface area contributed by atoms with Crippen molar-refractivity contribution in [2.75, 3.05) is 19.6 Å². The minimum Gasteiger partial charge on any atom is -0.307 e. The average molecular weight is 246 g/mol. The summed E-state index contributed by atoms with van der Waals surface area (Å²) in [6, 6.07) is 1.03. The summed E-state index contributed by atoms with van der Waals surface area (Å²) in [5.74, 6) is 0.699. The molecule has 2 nitrogen and oxygen atoms in total. The molecular formula is C13H24F2N2. The minimum absolute atomic E-state index is 0.151. The Morgan fingerprint density at radius 1 is 1.29 bits per heavy atom. The highest BCUT2D eigenvalue weighted by atomic mass is 19.3. The SMILES string of the molecule is CCCC1CC(NCC(F)F)CN(C2CC2)C1. The molecule has 0 aromatic rings. The lowest BCUT2D eigenvalue weighted by Crippen LogP contribution is -2.50. The molecule has 1 saturated carbocycles. The van der Waals surface area contributed by atoms with Gasteiger partial charge in [0.1, 0.15) is 0 Å². The first-order valence-corrected chi connectivity index (χ1v) is 6.94. The summed E-state index contributed by atoms with van der Waals surface area (Å²) in [5, 5.41) is 3.03. The third-order valence-corrected chi connectivity index (χ3v) is 3.89. The fourth-order valence-corrected chi connectivity index (χ4v) is 3.00.